The molecule has 9 heteroatoms. The summed E-state index contributed by atoms with van der Waals surface area (Å²) in [6.07, 6.45) is 0.833. The van der Waals surface area contributed by atoms with Crippen molar-refractivity contribution in [2.75, 3.05) is 30.7 Å². The lowest BCUT2D eigenvalue weighted by molar-refractivity contribution is 0.104. The molecule has 0 aliphatic heterocycles. The van der Waals surface area contributed by atoms with Crippen LogP contribution in [0.3, 0.4) is 0 Å². The quantitative estimate of drug-likeness (QED) is 0.337. The zero-order chi connectivity index (χ0) is 24.5. The summed E-state index contributed by atoms with van der Waals surface area (Å²) in [5.41, 5.74) is 2.37. The topological polar surface area (TPSA) is 78.9 Å². The molecule has 0 fully saturated rings. The van der Waals surface area contributed by atoms with E-state index in [9.17, 15) is 13.5 Å². The predicted octanol–water partition coefficient (Wildman–Crippen LogP) is 5.27. The predicted molar refractivity (Wildman–Crippen MR) is 140 cm³/mol. The van der Waals surface area contributed by atoms with Crippen molar-refractivity contribution in [2.24, 2.45) is 0 Å². The van der Waals surface area contributed by atoms with Gasteiger partial charge in [0, 0.05) is 19.6 Å². The van der Waals surface area contributed by atoms with Crippen LogP contribution in [0.5, 0.6) is 0 Å². The molecule has 0 radical (unpaired) electrons. The molecule has 0 bridgehead atoms. The van der Waals surface area contributed by atoms with Gasteiger partial charge >= 0.3 is 0 Å². The summed E-state index contributed by atoms with van der Waals surface area (Å²) in [5.74, 6) is 0. The van der Waals surface area contributed by atoms with Gasteiger partial charge in [-0.15, -0.1) is 0 Å². The largest absolute Gasteiger partial charge is 0.409 e. The van der Waals surface area contributed by atoms with Crippen LogP contribution < -0.4 is 4.72 Å². The molecule has 2 rings (SSSR count). The first-order chi connectivity index (χ1) is 15.6. The van der Waals surface area contributed by atoms with Crippen LogP contribution >= 0.6 is 11.6 Å². The molecule has 0 saturated heterocycles. The van der Waals surface area contributed by atoms with Crippen LogP contribution in [0.4, 0.5) is 5.69 Å². The van der Waals surface area contributed by atoms with Crippen molar-refractivity contribution >= 4 is 35.6 Å². The Morgan fingerprint density at radius 1 is 1.09 bits per heavy atom. The molecule has 33 heavy (non-hydrogen) atoms. The minimum atomic E-state index is -3.47. The number of hydrogen-bond acceptors (Lipinski definition) is 5. The van der Waals surface area contributed by atoms with E-state index < -0.39 is 18.3 Å². The van der Waals surface area contributed by atoms with E-state index in [4.69, 9.17) is 16.0 Å². The Morgan fingerprint density at radius 3 is 2.27 bits per heavy atom. The van der Waals surface area contributed by atoms with Gasteiger partial charge in [0.1, 0.15) is 0 Å². The SMILES string of the molecule is CC[Si](CC)(CC)OC(CN(CCO)Cc1ccccc1)c1ccc(Cl)c(NS(C)(=O)=O)c1. The number of hydrogen-bond donors (Lipinski definition) is 2. The van der Waals surface area contributed by atoms with Gasteiger partial charge in [-0.2, -0.15) is 0 Å². The summed E-state index contributed by atoms with van der Waals surface area (Å²) in [7, 11) is -5.46. The Bertz CT molecular complexity index is 963. The monoisotopic (exact) mass is 512 g/mol. The molecule has 1 atom stereocenters. The standard InChI is InChI=1S/C24H37ClN2O4SSi/c1-5-33(6-2,7-3)31-24(19-27(15-16-28)18-20-11-9-8-10-12-20)21-13-14-22(25)23(17-21)26-32(4,29)30/h8-14,17,24,26,28H,5-7,15-16,18-19H2,1-4H3. The molecule has 0 heterocycles. The number of sulfonamides is 1. The summed E-state index contributed by atoms with van der Waals surface area (Å²) >= 11 is 6.28. The highest BCUT2D eigenvalue weighted by atomic mass is 35.5. The number of halogens is 1. The molecule has 0 saturated carbocycles. The fourth-order valence-electron chi connectivity index (χ4n) is 3.99. The molecule has 0 aliphatic carbocycles. The van der Waals surface area contributed by atoms with Gasteiger partial charge in [0.05, 0.1) is 29.7 Å². The Kier molecular flexibility index (Phi) is 10.9. The Balaban J connectivity index is 2.43. The molecule has 0 spiro atoms. The van der Waals surface area contributed by atoms with Crippen molar-refractivity contribution in [2.45, 2.75) is 51.6 Å². The zero-order valence-electron chi connectivity index (χ0n) is 20.1. The van der Waals surface area contributed by atoms with Crippen molar-refractivity contribution in [3.05, 3.63) is 64.7 Å². The van der Waals surface area contributed by atoms with Gasteiger partial charge in [0.2, 0.25) is 10.0 Å². The summed E-state index contributed by atoms with van der Waals surface area (Å²) in [6, 6.07) is 18.5. The molecule has 2 aromatic rings. The van der Waals surface area contributed by atoms with Crippen LogP contribution in [-0.4, -0.2) is 52.7 Å². The molecular formula is C24H37ClN2O4SSi. The third-order valence-electron chi connectivity index (χ3n) is 6.07. The highest BCUT2D eigenvalue weighted by molar-refractivity contribution is 7.92. The molecule has 1 unspecified atom stereocenters. The first-order valence-corrected chi connectivity index (χ1v) is 16.3. The van der Waals surface area contributed by atoms with Crippen molar-refractivity contribution in [1.29, 1.82) is 0 Å². The van der Waals surface area contributed by atoms with E-state index in [2.05, 4.69) is 42.5 Å². The van der Waals surface area contributed by atoms with E-state index in [0.717, 1.165) is 35.5 Å². The Morgan fingerprint density at radius 2 is 1.73 bits per heavy atom. The van der Waals surface area contributed by atoms with E-state index in [0.29, 0.717) is 30.3 Å². The van der Waals surface area contributed by atoms with Crippen LogP contribution in [0.1, 0.15) is 38.0 Å². The highest BCUT2D eigenvalue weighted by Gasteiger charge is 2.33. The first-order valence-electron chi connectivity index (χ1n) is 11.5. The third kappa shape index (κ3) is 8.70. The second-order valence-corrected chi connectivity index (χ2v) is 15.3. The summed E-state index contributed by atoms with van der Waals surface area (Å²) in [4.78, 5) is 2.18. The maximum atomic E-state index is 11.8. The van der Waals surface area contributed by atoms with E-state index in [1.165, 1.54) is 0 Å². The number of nitrogens with zero attached hydrogens (tertiary/aromatic N) is 1. The van der Waals surface area contributed by atoms with Gasteiger partial charge in [0.25, 0.3) is 0 Å². The van der Waals surface area contributed by atoms with Gasteiger partial charge < -0.3 is 9.53 Å². The van der Waals surface area contributed by atoms with E-state index >= 15 is 0 Å². The van der Waals surface area contributed by atoms with Gasteiger partial charge in [-0.3, -0.25) is 9.62 Å². The van der Waals surface area contributed by atoms with Crippen LogP contribution in [0.15, 0.2) is 48.5 Å². The molecule has 2 N–H and O–H groups in total. The second-order valence-electron chi connectivity index (χ2n) is 8.41. The minimum Gasteiger partial charge on any atom is -0.409 e. The van der Waals surface area contributed by atoms with Crippen LogP contribution in [0, 0.1) is 0 Å². The lowest BCUT2D eigenvalue weighted by Crippen LogP contribution is -2.41. The molecule has 0 aromatic heterocycles. The van der Waals surface area contributed by atoms with Crippen molar-refractivity contribution in [1.82, 2.24) is 4.90 Å². The minimum absolute atomic E-state index is 0.0406. The second kappa shape index (κ2) is 12.9. The van der Waals surface area contributed by atoms with Crippen molar-refractivity contribution in [3.8, 4) is 0 Å². The molecular weight excluding hydrogens is 476 g/mol. The normalized spacial score (nSPS) is 13.3. The summed E-state index contributed by atoms with van der Waals surface area (Å²) in [5, 5.41) is 10.0. The van der Waals surface area contributed by atoms with Crippen LogP contribution in [-0.2, 0) is 21.0 Å². The molecule has 184 valence electrons. The molecule has 6 nitrogen and oxygen atoms in total. The van der Waals surface area contributed by atoms with E-state index in [1.54, 1.807) is 12.1 Å². The molecule has 0 aliphatic rings. The number of aliphatic hydroxyl groups is 1. The average Bonchev–Trinajstić information content (AvgIpc) is 2.78. The number of anilines is 1. The fourth-order valence-corrected chi connectivity index (χ4v) is 7.59. The highest BCUT2D eigenvalue weighted by Crippen LogP contribution is 2.34. The van der Waals surface area contributed by atoms with E-state index in [-0.39, 0.29) is 12.7 Å². The lowest BCUT2D eigenvalue weighted by Gasteiger charge is -2.36. The number of aliphatic hydroxyl groups excluding tert-OH is 1. The van der Waals surface area contributed by atoms with Gasteiger partial charge in [0.15, 0.2) is 8.32 Å². The van der Waals surface area contributed by atoms with Gasteiger partial charge in [-0.25, -0.2) is 8.42 Å². The van der Waals surface area contributed by atoms with Crippen LogP contribution in [0.2, 0.25) is 23.2 Å². The zero-order valence-corrected chi connectivity index (χ0v) is 22.6. The number of benzene rings is 2. The third-order valence-corrected chi connectivity index (χ3v) is 11.6. The first kappa shape index (κ1) is 27.8. The average molecular weight is 513 g/mol. The van der Waals surface area contributed by atoms with Gasteiger partial charge in [-0.1, -0.05) is 68.8 Å². The van der Waals surface area contributed by atoms with Crippen LogP contribution in [0.25, 0.3) is 0 Å². The summed E-state index contributed by atoms with van der Waals surface area (Å²) < 4.78 is 33.1. The summed E-state index contributed by atoms with van der Waals surface area (Å²) in [6.45, 7) is 8.36. The maximum Gasteiger partial charge on any atom is 0.229 e. The molecule has 0 amide bonds. The van der Waals surface area contributed by atoms with Crippen molar-refractivity contribution in [3.63, 3.8) is 0 Å². The van der Waals surface area contributed by atoms with Crippen molar-refractivity contribution < 1.29 is 18.0 Å². The molecule has 2 aromatic carbocycles. The van der Waals surface area contributed by atoms with Gasteiger partial charge in [-0.05, 0) is 41.4 Å². The number of rotatable bonds is 14. The number of nitrogens with one attached hydrogen (secondary N) is 1. The Hall–Kier alpha value is -1.42. The smallest absolute Gasteiger partial charge is 0.229 e. The lowest BCUT2D eigenvalue weighted by atomic mass is 10.1. The Labute approximate surface area is 205 Å². The fraction of sp³-hybridized carbons (Fsp3) is 0.500. The van der Waals surface area contributed by atoms with E-state index in [1.807, 2.05) is 24.3 Å². The maximum absolute atomic E-state index is 11.8.